The third-order valence-electron chi connectivity index (χ3n) is 3.31. The Bertz CT molecular complexity index is 943. The van der Waals surface area contributed by atoms with Crippen molar-refractivity contribution in [1.82, 2.24) is 14.6 Å². The summed E-state index contributed by atoms with van der Waals surface area (Å²) in [5.41, 5.74) is 1.48. The third kappa shape index (κ3) is 1.94. The maximum absolute atomic E-state index is 13.9. The average Bonchev–Trinajstić information content (AvgIpc) is 3.22. The molecule has 5 nitrogen and oxygen atoms in total. The van der Waals surface area contributed by atoms with Gasteiger partial charge in [0.25, 0.3) is 0 Å². The van der Waals surface area contributed by atoms with E-state index < -0.39 is 0 Å². The topological polar surface area (TPSA) is 63.6 Å². The van der Waals surface area contributed by atoms with Gasteiger partial charge in [-0.05, 0) is 24.3 Å². The normalized spacial score (nSPS) is 11.4. The van der Waals surface area contributed by atoms with Crippen molar-refractivity contribution in [2.75, 3.05) is 0 Å². The molecule has 0 unspecified atom stereocenters. The molecule has 0 aliphatic rings. The predicted molar refractivity (Wildman–Crippen MR) is 79.9 cm³/mol. The van der Waals surface area contributed by atoms with Gasteiger partial charge in [-0.15, -0.1) is 0 Å². The molecule has 22 heavy (non-hydrogen) atoms. The largest absolute Gasteiger partial charge is 0.463 e. The van der Waals surface area contributed by atoms with E-state index in [2.05, 4.69) is 10.1 Å². The van der Waals surface area contributed by atoms with Crippen molar-refractivity contribution in [2.24, 2.45) is 0 Å². The molecule has 3 heterocycles. The highest BCUT2D eigenvalue weighted by Gasteiger charge is 2.20. The van der Waals surface area contributed by atoms with Gasteiger partial charge in [-0.25, -0.2) is 13.9 Å². The molecular formula is C15H10FN3O2S. The molecule has 0 fully saturated rings. The van der Waals surface area contributed by atoms with Gasteiger partial charge in [-0.3, -0.25) is 0 Å². The Balaban J connectivity index is 1.90. The van der Waals surface area contributed by atoms with Crippen molar-refractivity contribution in [3.05, 3.63) is 54.2 Å². The first-order valence-electron chi connectivity index (χ1n) is 6.56. The Hall–Kier alpha value is -2.51. The first-order valence-corrected chi connectivity index (χ1v) is 7.37. The first-order chi connectivity index (χ1) is 10.8. The number of aliphatic hydroxyl groups is 1. The molecule has 0 radical (unpaired) electrons. The lowest BCUT2D eigenvalue weighted by atomic mass is 10.2. The number of furan rings is 1. The number of hydrogen-bond acceptors (Lipinski definition) is 5. The number of benzene rings is 1. The summed E-state index contributed by atoms with van der Waals surface area (Å²) in [4.78, 5) is 5.02. The van der Waals surface area contributed by atoms with Crippen LogP contribution >= 0.6 is 11.3 Å². The van der Waals surface area contributed by atoms with Crippen LogP contribution in [0.15, 0.2) is 47.1 Å². The standard InChI is InChI=1S/C15H10FN3O2S/c16-10-5-2-1-4-9(10)14-18-19-11(8-20)13(17-15(19)22-14)12-6-3-7-21-12/h1-7,20H,8H2. The molecule has 1 aromatic carbocycles. The minimum absolute atomic E-state index is 0.238. The quantitative estimate of drug-likeness (QED) is 0.630. The number of aliphatic hydroxyl groups excluding tert-OH is 1. The fourth-order valence-electron chi connectivity index (χ4n) is 2.29. The van der Waals surface area contributed by atoms with Gasteiger partial charge in [-0.2, -0.15) is 5.10 Å². The smallest absolute Gasteiger partial charge is 0.213 e. The third-order valence-corrected chi connectivity index (χ3v) is 4.25. The van der Waals surface area contributed by atoms with Gasteiger partial charge in [0.05, 0.1) is 12.9 Å². The van der Waals surface area contributed by atoms with E-state index >= 15 is 0 Å². The van der Waals surface area contributed by atoms with Gasteiger partial charge < -0.3 is 9.52 Å². The molecule has 0 bridgehead atoms. The summed E-state index contributed by atoms with van der Waals surface area (Å²) in [7, 11) is 0. The number of nitrogens with zero attached hydrogens (tertiary/aromatic N) is 3. The van der Waals surface area contributed by atoms with Crippen LogP contribution in [-0.4, -0.2) is 19.7 Å². The van der Waals surface area contributed by atoms with Gasteiger partial charge in [0.1, 0.15) is 17.2 Å². The van der Waals surface area contributed by atoms with Crippen LogP contribution in [0.5, 0.6) is 0 Å². The second-order valence-corrected chi connectivity index (χ2v) is 5.58. The van der Waals surface area contributed by atoms with Crippen molar-refractivity contribution in [3.8, 4) is 22.0 Å². The van der Waals surface area contributed by atoms with E-state index in [1.165, 1.54) is 21.9 Å². The van der Waals surface area contributed by atoms with Gasteiger partial charge in [-0.1, -0.05) is 23.5 Å². The van der Waals surface area contributed by atoms with E-state index in [1.807, 2.05) is 0 Å². The summed E-state index contributed by atoms with van der Waals surface area (Å²) in [6.45, 7) is -0.238. The maximum Gasteiger partial charge on any atom is 0.213 e. The number of rotatable bonds is 3. The number of hydrogen-bond donors (Lipinski definition) is 1. The van der Waals surface area contributed by atoms with Crippen molar-refractivity contribution < 1.29 is 13.9 Å². The zero-order valence-corrected chi connectivity index (χ0v) is 12.0. The highest BCUT2D eigenvalue weighted by Crippen LogP contribution is 2.32. The van der Waals surface area contributed by atoms with E-state index in [0.29, 0.717) is 32.7 Å². The van der Waals surface area contributed by atoms with Gasteiger partial charge in [0, 0.05) is 5.56 Å². The Labute approximate surface area is 128 Å². The Morgan fingerprint density at radius 2 is 2.09 bits per heavy atom. The molecular weight excluding hydrogens is 305 g/mol. The van der Waals surface area contributed by atoms with Crippen molar-refractivity contribution in [1.29, 1.82) is 0 Å². The van der Waals surface area contributed by atoms with Crippen LogP contribution in [-0.2, 0) is 6.61 Å². The summed E-state index contributed by atoms with van der Waals surface area (Å²) in [5, 5.41) is 14.5. The van der Waals surface area contributed by atoms with Gasteiger partial charge >= 0.3 is 0 Å². The van der Waals surface area contributed by atoms with Crippen LogP contribution < -0.4 is 0 Å². The highest BCUT2D eigenvalue weighted by atomic mass is 32.1. The molecule has 0 saturated heterocycles. The second kappa shape index (κ2) is 5.04. The lowest BCUT2D eigenvalue weighted by molar-refractivity contribution is 0.274. The summed E-state index contributed by atoms with van der Waals surface area (Å²) < 4.78 is 20.7. The number of halogens is 1. The summed E-state index contributed by atoms with van der Waals surface area (Å²) in [5.74, 6) is 0.227. The highest BCUT2D eigenvalue weighted by molar-refractivity contribution is 7.19. The molecule has 3 aromatic heterocycles. The summed E-state index contributed by atoms with van der Waals surface area (Å²) >= 11 is 1.26. The number of imidazole rings is 1. The first kappa shape index (κ1) is 13.2. The molecule has 1 N–H and O–H groups in total. The van der Waals surface area contributed by atoms with E-state index in [9.17, 15) is 9.50 Å². The monoisotopic (exact) mass is 315 g/mol. The van der Waals surface area contributed by atoms with Crippen LogP contribution in [0.2, 0.25) is 0 Å². The Kier molecular flexibility index (Phi) is 3.02. The van der Waals surface area contributed by atoms with Crippen LogP contribution in [0, 0.1) is 5.82 Å². The minimum atomic E-state index is -0.337. The molecule has 0 atom stereocenters. The summed E-state index contributed by atoms with van der Waals surface area (Å²) in [6.07, 6.45) is 1.54. The molecule has 0 spiro atoms. The van der Waals surface area contributed by atoms with E-state index in [0.717, 1.165) is 0 Å². The molecule has 0 aliphatic heterocycles. The lowest BCUT2D eigenvalue weighted by Crippen LogP contribution is -1.95. The molecule has 0 saturated carbocycles. The second-order valence-electron chi connectivity index (χ2n) is 4.62. The Morgan fingerprint density at radius 3 is 2.82 bits per heavy atom. The molecule has 0 aliphatic carbocycles. The average molecular weight is 315 g/mol. The zero-order valence-electron chi connectivity index (χ0n) is 11.2. The number of aromatic nitrogens is 3. The molecule has 0 amide bonds. The van der Waals surface area contributed by atoms with Crippen LogP contribution in [0.25, 0.3) is 27.0 Å². The van der Waals surface area contributed by atoms with E-state index in [1.54, 1.807) is 36.6 Å². The van der Waals surface area contributed by atoms with Crippen molar-refractivity contribution in [3.63, 3.8) is 0 Å². The number of fused-ring (bicyclic) bond motifs is 1. The van der Waals surface area contributed by atoms with E-state index in [4.69, 9.17) is 4.42 Å². The Morgan fingerprint density at radius 1 is 1.23 bits per heavy atom. The van der Waals surface area contributed by atoms with Crippen LogP contribution in [0.1, 0.15) is 5.69 Å². The van der Waals surface area contributed by atoms with Crippen molar-refractivity contribution in [2.45, 2.75) is 6.61 Å². The fraction of sp³-hybridized carbons (Fsp3) is 0.0667. The van der Waals surface area contributed by atoms with Crippen LogP contribution in [0.3, 0.4) is 0 Å². The van der Waals surface area contributed by atoms with Gasteiger partial charge in [0.15, 0.2) is 10.8 Å². The lowest BCUT2D eigenvalue weighted by Gasteiger charge is -1.98. The molecule has 4 aromatic rings. The van der Waals surface area contributed by atoms with E-state index in [-0.39, 0.29) is 12.4 Å². The molecule has 4 rings (SSSR count). The van der Waals surface area contributed by atoms with Crippen LogP contribution in [0.4, 0.5) is 4.39 Å². The fourth-order valence-corrected chi connectivity index (χ4v) is 3.23. The zero-order chi connectivity index (χ0) is 15.1. The van der Waals surface area contributed by atoms with Gasteiger partial charge in [0.2, 0.25) is 4.96 Å². The minimum Gasteiger partial charge on any atom is -0.463 e. The molecule has 7 heteroatoms. The SMILES string of the molecule is OCc1c(-c2ccco2)nc2sc(-c3ccccc3F)nn12. The molecule has 110 valence electrons. The maximum atomic E-state index is 13.9. The predicted octanol–water partition coefficient (Wildman–Crippen LogP) is 3.35. The van der Waals surface area contributed by atoms with Crippen molar-refractivity contribution >= 4 is 16.3 Å². The summed E-state index contributed by atoms with van der Waals surface area (Å²) in [6, 6.07) is 9.96.